The lowest BCUT2D eigenvalue weighted by atomic mass is 10.2. The lowest BCUT2D eigenvalue weighted by Gasteiger charge is -1.91. The number of imidazole rings is 3. The number of nitrogens with zero attached hydrogens (tertiary/aromatic N) is 7. The van der Waals surface area contributed by atoms with E-state index in [1.807, 2.05) is 0 Å². The molecule has 51 nitrogen and oxygen atoms in total. The Hall–Kier alpha value is -14.0. The monoisotopic (exact) mass is 2040 g/mol. The SMILES string of the molecule is O=C(O)C1=CC=C(S)C1.O=C(O)c1[nH]ccc1S.O=C(O)c1[nH]cnc1S.O=C(O)c1[nH]ncc1S.O=C(O)c1c[nH][nH]c1=S.O=C(O)c1c[nH]c(=S)[nH]1.O=C(O)c1c[nH]c(S)c1.O=C(O)c1c[nH]cc1S.O=C(O)c1cc(=S)[nH][nH]1.O=C(O)c1cc(S)c[nH]1.O=C(O)c1cc[nH]c1S.O=C(O)c1n[nH]cnc1=S.O=C(O)c1ncc(S)[nH]1.O=C(O)c1ncn[nH]c1=S. The molecule has 680 valence electrons. The summed E-state index contributed by atoms with van der Waals surface area (Å²) >= 11 is 57.7. The largest absolute Gasteiger partial charge is 0.478 e. The van der Waals surface area contributed by atoms with E-state index >= 15 is 0 Å². The van der Waals surface area contributed by atoms with Gasteiger partial charge in [0.15, 0.2) is 31.1 Å². The summed E-state index contributed by atoms with van der Waals surface area (Å²) in [5.74, 6) is -14.3. The quantitative estimate of drug-likeness (QED) is 0.0355. The molecule has 0 aromatic carbocycles. The average molecular weight is 2040 g/mol. The van der Waals surface area contributed by atoms with Crippen molar-refractivity contribution in [1.29, 1.82) is 0 Å². The van der Waals surface area contributed by atoms with Gasteiger partial charge >= 0.3 is 83.6 Å². The van der Waals surface area contributed by atoms with Crippen LogP contribution < -0.4 is 0 Å². The van der Waals surface area contributed by atoms with Gasteiger partial charge in [-0.3, -0.25) is 30.6 Å². The summed E-state index contributed by atoms with van der Waals surface area (Å²) in [6.45, 7) is 0. The predicted molar refractivity (Wildman–Crippen MR) is 478 cm³/mol. The van der Waals surface area contributed by atoms with Gasteiger partial charge in [0.25, 0.3) is 0 Å². The standard InChI is InChI=1S/C6H6O2S.5C5H5NO2S.2C4H3N3O2S.6C4H4N2O2S/c7-6(8)4-1-2-5(9)3-4;7-5(8)3-1-6-2-4(3)9;7-5(8)4-1-3(9)2-6-4;7-5(8)3-1-4(9)6-2-3;7-5(8)4-3(9)1-2-6-4;7-5(8)3-1-2-6-4(3)9;8-4(9)2-3(10)5-1-6-7-2;8-4(9)2-3(10)7-6-1-5-2;7-4(8)2-3(9)6-1-5-2;7-4(8)3-5-1-2(9)6-3;7-3(8)2-1-5-4(9)6-2;7-4(8)3-2(9)1-5-6-3;7-4(8)2-1-5-6-3(2)9;7-4(8)2-1-3(9)6-5-2/h1-2,9H,3H2,(H,7,8);5*1-2,6,9H,(H,7,8);1H,(H,8,9)(H,5,6,10);1H,(H,7,10)(H,8,9);2*1,9H,(H,5,6)(H,7,8);1H,(H,7,8)(H2,5,6,9);1,9H,(H,5,6)(H,7,8);2*1H,(H,7,8)(H2,5,6,9). The van der Waals surface area contributed by atoms with Crippen LogP contribution in [-0.4, -0.2) is 271 Å². The van der Waals surface area contributed by atoms with E-state index in [0.717, 1.165) is 11.2 Å². The minimum absolute atomic E-state index is 0.00810. The van der Waals surface area contributed by atoms with Crippen LogP contribution in [0, 0.1) is 23.3 Å². The molecule has 13 heterocycles. The minimum Gasteiger partial charge on any atom is -0.478 e. The number of thiol groups is 9. The number of allylic oxidation sites excluding steroid dienone is 3. The van der Waals surface area contributed by atoms with E-state index in [1.165, 1.54) is 98.9 Å². The molecule has 65 heteroatoms. The van der Waals surface area contributed by atoms with E-state index in [0.29, 0.717) is 56.1 Å². The molecule has 0 bridgehead atoms. The molecule has 13 aromatic rings. The molecular weight excluding hydrogens is 1980 g/mol. The number of H-pyrrole nitrogens is 16. The second-order valence-electron chi connectivity index (χ2n) is 21.2. The van der Waals surface area contributed by atoms with Gasteiger partial charge in [-0.15, -0.1) is 114 Å². The van der Waals surface area contributed by atoms with Gasteiger partial charge in [0.05, 0.1) is 55.4 Å². The summed E-state index contributed by atoms with van der Waals surface area (Å²) in [7, 11) is 0. The number of nitrogens with one attached hydrogen (secondary N) is 16. The molecule has 13 aromatic heterocycles. The highest BCUT2D eigenvalue weighted by Gasteiger charge is 2.15. The topological polar surface area (TPSA) is 865 Å². The Morgan fingerprint density at radius 2 is 1.01 bits per heavy atom. The Labute approximate surface area is 783 Å². The van der Waals surface area contributed by atoms with Crippen LogP contribution in [0.2, 0.25) is 0 Å². The number of carboxylic acids is 14. The maximum Gasteiger partial charge on any atom is 0.371 e. The molecule has 30 N–H and O–H groups in total. The van der Waals surface area contributed by atoms with Gasteiger partial charge in [-0.25, -0.2) is 87.1 Å². The molecule has 0 radical (unpaired) electrons. The van der Waals surface area contributed by atoms with Crippen LogP contribution in [-0.2, 0) is 4.79 Å². The van der Waals surface area contributed by atoms with Crippen molar-refractivity contribution < 1.29 is 139 Å². The predicted octanol–water partition coefficient (Wildman–Crippen LogP) is 10.2. The molecule has 14 rings (SSSR count). The van der Waals surface area contributed by atoms with Crippen LogP contribution in [0.3, 0.4) is 0 Å². The number of carbonyl (C=O) groups is 14. The van der Waals surface area contributed by atoms with Gasteiger partial charge in [-0.2, -0.15) is 15.3 Å². The van der Waals surface area contributed by atoms with Gasteiger partial charge in [-0.05, 0) is 41.4 Å². The Bertz CT molecular complexity index is 5810. The zero-order valence-electron chi connectivity index (χ0n) is 62.4. The zero-order chi connectivity index (χ0) is 97.4. The van der Waals surface area contributed by atoms with Crippen molar-refractivity contribution in [3.05, 3.63) is 231 Å². The normalized spacial score (nSPS) is 9.91. The number of aromatic carboxylic acids is 13. The highest BCUT2D eigenvalue weighted by Crippen LogP contribution is 2.21. The summed E-state index contributed by atoms with van der Waals surface area (Å²) in [4.78, 5) is 182. The van der Waals surface area contributed by atoms with E-state index < -0.39 is 83.6 Å². The molecule has 0 unspecified atom stereocenters. The molecule has 0 aliphatic heterocycles. The van der Waals surface area contributed by atoms with Crippen LogP contribution in [0.25, 0.3) is 0 Å². The lowest BCUT2D eigenvalue weighted by Crippen LogP contribution is -2.03. The first-order valence-electron chi connectivity index (χ1n) is 31.9. The number of aromatic amines is 16. The smallest absolute Gasteiger partial charge is 0.371 e. The van der Waals surface area contributed by atoms with Crippen molar-refractivity contribution in [2.45, 2.75) is 46.1 Å². The third kappa shape index (κ3) is 43.5. The van der Waals surface area contributed by atoms with Gasteiger partial charge < -0.3 is 121 Å². The van der Waals surface area contributed by atoms with Crippen molar-refractivity contribution in [3.8, 4) is 0 Å². The van der Waals surface area contributed by atoms with Gasteiger partial charge in [0, 0.05) is 82.3 Å². The molecule has 0 saturated carbocycles. The molecule has 0 saturated heterocycles. The van der Waals surface area contributed by atoms with Crippen LogP contribution in [0.5, 0.6) is 0 Å². The second kappa shape index (κ2) is 58.2. The molecular formula is C63H61N23O28S14. The number of hydrogen-bond donors (Lipinski definition) is 39. The van der Waals surface area contributed by atoms with E-state index in [9.17, 15) is 67.1 Å². The number of aliphatic carboxylic acids is 1. The van der Waals surface area contributed by atoms with E-state index in [2.05, 4.69) is 291 Å². The van der Waals surface area contributed by atoms with Crippen molar-refractivity contribution in [3.63, 3.8) is 0 Å². The molecule has 1 aliphatic carbocycles. The molecule has 128 heavy (non-hydrogen) atoms. The number of hydrogen-bond acceptors (Lipinski definition) is 35. The van der Waals surface area contributed by atoms with Crippen LogP contribution in [0.1, 0.15) is 142 Å². The number of aromatic nitrogens is 23. The number of rotatable bonds is 14. The number of carboxylic acid groups (broad SMARTS) is 14. The summed E-state index contributed by atoms with van der Waals surface area (Å²) in [6.07, 6.45) is 21.6. The van der Waals surface area contributed by atoms with Crippen molar-refractivity contribution in [1.82, 2.24) is 116 Å². The first kappa shape index (κ1) is 112. The van der Waals surface area contributed by atoms with Crippen LogP contribution in [0.15, 0.2) is 174 Å². The average Bonchev–Trinajstić information content (AvgIpc) is 1.68. The van der Waals surface area contributed by atoms with Gasteiger partial charge in [0.2, 0.25) is 11.5 Å². The summed E-state index contributed by atoms with van der Waals surface area (Å²) < 4.78 is 0.976. The maximum absolute atomic E-state index is 10.2. The summed E-state index contributed by atoms with van der Waals surface area (Å²) in [5.41, 5.74) is 1.29. The van der Waals surface area contributed by atoms with Gasteiger partial charge in [-0.1, -0.05) is 61.0 Å². The fourth-order valence-corrected chi connectivity index (χ4v) is 9.65. The van der Waals surface area contributed by atoms with Crippen LogP contribution >= 0.6 is 175 Å². The van der Waals surface area contributed by atoms with Crippen molar-refractivity contribution >= 4 is 258 Å². The summed E-state index contributed by atoms with van der Waals surface area (Å²) in [6, 6.07) is 7.30. The van der Waals surface area contributed by atoms with E-state index in [1.54, 1.807) is 18.2 Å². The Morgan fingerprint density at radius 3 is 1.26 bits per heavy atom. The first-order chi connectivity index (χ1) is 59.9. The molecule has 0 fully saturated rings. The fraction of sp³-hybridized carbons (Fsp3) is 0.0159. The Kier molecular flexibility index (Phi) is 51.0. The van der Waals surface area contributed by atoms with E-state index in [-0.39, 0.29) is 92.6 Å². The summed E-state index contributed by atoms with van der Waals surface area (Å²) in [5, 5.41) is 145. The Morgan fingerprint density at radius 1 is 0.398 bits per heavy atom. The lowest BCUT2D eigenvalue weighted by molar-refractivity contribution is -0.132. The third-order valence-electron chi connectivity index (χ3n) is 12.4. The zero-order valence-corrected chi connectivity index (χ0v) is 74.6. The minimum atomic E-state index is -1.17. The highest BCUT2D eigenvalue weighted by molar-refractivity contribution is 7.84. The van der Waals surface area contributed by atoms with E-state index in [4.69, 9.17) is 71.5 Å². The molecule has 1 aliphatic rings. The Balaban J connectivity index is 0.000000689. The molecule has 0 atom stereocenters. The molecule has 0 amide bonds. The van der Waals surface area contributed by atoms with Crippen LogP contribution in [0.4, 0.5) is 0 Å². The van der Waals surface area contributed by atoms with Crippen molar-refractivity contribution in [2.24, 2.45) is 0 Å². The fourth-order valence-electron chi connectivity index (χ4n) is 6.79. The second-order valence-corrected chi connectivity index (χ2v) is 27.6. The highest BCUT2D eigenvalue weighted by atomic mass is 32.1. The maximum atomic E-state index is 10.2. The third-order valence-corrected chi connectivity index (χ3v) is 16.6. The first-order valence-corrected chi connectivity index (χ1v) is 38.0. The molecule has 0 spiro atoms. The van der Waals surface area contributed by atoms with Crippen molar-refractivity contribution in [2.75, 3.05) is 0 Å². The van der Waals surface area contributed by atoms with Gasteiger partial charge in [0.1, 0.15) is 55.3 Å².